The molecule has 1 aromatic carbocycles. The molecule has 0 bridgehead atoms. The van der Waals surface area contributed by atoms with E-state index in [1.807, 2.05) is 44.2 Å². The zero-order valence-electron chi connectivity index (χ0n) is 17.5. The van der Waals surface area contributed by atoms with Gasteiger partial charge in [-0.2, -0.15) is 0 Å². The average Bonchev–Trinajstić information content (AvgIpc) is 3.25. The van der Waals surface area contributed by atoms with E-state index in [-0.39, 0.29) is 25.1 Å². The standard InChI is InChI=1S/C22H27N5O4/c1-3-17(12-28)25-21-24-10-14(2)20(27-21)16-9-19(23-11-16)31-22(30)26-18(13-29)15-7-5-4-6-8-15/h4-11,17-18,23,28-29H,3,12-13H2,1-2H3,(H,26,30)(H,24,25,27). The van der Waals surface area contributed by atoms with E-state index >= 15 is 0 Å². The van der Waals surface area contributed by atoms with Gasteiger partial charge in [0.25, 0.3) is 0 Å². The number of rotatable bonds is 9. The van der Waals surface area contributed by atoms with Crippen molar-refractivity contribution >= 4 is 12.0 Å². The number of hydrogen-bond acceptors (Lipinski definition) is 7. The summed E-state index contributed by atoms with van der Waals surface area (Å²) in [7, 11) is 0. The molecule has 3 rings (SSSR count). The van der Waals surface area contributed by atoms with Crippen molar-refractivity contribution in [3.05, 3.63) is 59.9 Å². The molecule has 0 fully saturated rings. The first-order valence-corrected chi connectivity index (χ1v) is 10.1. The Balaban J connectivity index is 1.69. The van der Waals surface area contributed by atoms with Crippen LogP contribution in [0.15, 0.2) is 48.8 Å². The molecule has 5 N–H and O–H groups in total. The second-order valence-corrected chi connectivity index (χ2v) is 7.09. The van der Waals surface area contributed by atoms with Crippen molar-refractivity contribution in [1.82, 2.24) is 20.3 Å². The highest BCUT2D eigenvalue weighted by molar-refractivity contribution is 5.72. The predicted molar refractivity (Wildman–Crippen MR) is 117 cm³/mol. The number of aryl methyl sites for hydroxylation is 1. The maximum Gasteiger partial charge on any atom is 0.414 e. The summed E-state index contributed by atoms with van der Waals surface area (Å²) in [6.45, 7) is 3.58. The van der Waals surface area contributed by atoms with Gasteiger partial charge in [0.2, 0.25) is 11.8 Å². The molecule has 1 amide bonds. The van der Waals surface area contributed by atoms with E-state index in [0.717, 1.165) is 23.1 Å². The van der Waals surface area contributed by atoms with Crippen molar-refractivity contribution in [2.75, 3.05) is 18.5 Å². The van der Waals surface area contributed by atoms with Gasteiger partial charge in [-0.15, -0.1) is 0 Å². The van der Waals surface area contributed by atoms with Crippen LogP contribution < -0.4 is 15.4 Å². The van der Waals surface area contributed by atoms with Crippen LogP contribution in [-0.2, 0) is 0 Å². The average molecular weight is 425 g/mol. The first-order chi connectivity index (χ1) is 15.0. The summed E-state index contributed by atoms with van der Waals surface area (Å²) in [6, 6.07) is 10.1. The summed E-state index contributed by atoms with van der Waals surface area (Å²) >= 11 is 0. The molecule has 0 saturated heterocycles. The Hall–Kier alpha value is -3.43. The highest BCUT2D eigenvalue weighted by Crippen LogP contribution is 2.26. The number of benzene rings is 1. The van der Waals surface area contributed by atoms with E-state index in [1.165, 1.54) is 0 Å². The normalized spacial score (nSPS) is 12.8. The number of anilines is 1. The van der Waals surface area contributed by atoms with Gasteiger partial charge in [0, 0.05) is 24.0 Å². The van der Waals surface area contributed by atoms with Gasteiger partial charge in [-0.1, -0.05) is 37.3 Å². The Bertz CT molecular complexity index is 989. The number of ether oxygens (including phenoxy) is 1. The maximum atomic E-state index is 12.3. The van der Waals surface area contributed by atoms with Crippen LogP contribution in [0.3, 0.4) is 0 Å². The first kappa shape index (κ1) is 22.3. The summed E-state index contributed by atoms with van der Waals surface area (Å²) < 4.78 is 5.33. The van der Waals surface area contributed by atoms with E-state index in [2.05, 4.69) is 25.6 Å². The number of aliphatic hydroxyl groups excluding tert-OH is 2. The number of aromatic nitrogens is 3. The summed E-state index contributed by atoms with van der Waals surface area (Å²) in [5.41, 5.74) is 3.03. The molecule has 0 radical (unpaired) electrons. The minimum Gasteiger partial charge on any atom is -0.394 e. The van der Waals surface area contributed by atoms with Crippen molar-refractivity contribution < 1.29 is 19.7 Å². The summed E-state index contributed by atoms with van der Waals surface area (Å²) in [5.74, 6) is 0.656. The molecule has 164 valence electrons. The molecule has 9 heteroatoms. The van der Waals surface area contributed by atoms with E-state index in [4.69, 9.17) is 4.74 Å². The van der Waals surface area contributed by atoms with E-state index in [0.29, 0.717) is 11.6 Å². The van der Waals surface area contributed by atoms with Crippen molar-refractivity contribution in [3.8, 4) is 17.1 Å². The summed E-state index contributed by atoms with van der Waals surface area (Å²) in [6.07, 6.45) is 3.43. The van der Waals surface area contributed by atoms with Crippen LogP contribution in [0.1, 0.15) is 30.5 Å². The Morgan fingerprint density at radius 1 is 1.23 bits per heavy atom. The van der Waals surface area contributed by atoms with Gasteiger partial charge >= 0.3 is 6.09 Å². The summed E-state index contributed by atoms with van der Waals surface area (Å²) in [5, 5.41) is 24.7. The lowest BCUT2D eigenvalue weighted by Crippen LogP contribution is -2.33. The van der Waals surface area contributed by atoms with Gasteiger partial charge in [-0.3, -0.25) is 0 Å². The van der Waals surface area contributed by atoms with E-state index in [1.54, 1.807) is 18.5 Å². The number of aliphatic hydroxyl groups is 2. The fourth-order valence-corrected chi connectivity index (χ4v) is 3.02. The molecule has 9 nitrogen and oxygen atoms in total. The number of H-pyrrole nitrogens is 1. The maximum absolute atomic E-state index is 12.3. The molecule has 0 aliphatic rings. The van der Waals surface area contributed by atoms with Crippen molar-refractivity contribution in [3.63, 3.8) is 0 Å². The molecule has 2 aromatic heterocycles. The van der Waals surface area contributed by atoms with Crippen LogP contribution in [0.2, 0.25) is 0 Å². The van der Waals surface area contributed by atoms with Crippen LogP contribution in [-0.4, -0.2) is 50.5 Å². The fraction of sp³-hybridized carbons (Fsp3) is 0.318. The van der Waals surface area contributed by atoms with E-state index < -0.39 is 12.1 Å². The molecule has 0 aliphatic carbocycles. The quantitative estimate of drug-likeness (QED) is 0.356. The number of aromatic amines is 1. The van der Waals surface area contributed by atoms with Gasteiger partial charge in [0.15, 0.2) is 0 Å². The highest BCUT2D eigenvalue weighted by atomic mass is 16.6. The largest absolute Gasteiger partial charge is 0.414 e. The smallest absolute Gasteiger partial charge is 0.394 e. The topological polar surface area (TPSA) is 132 Å². The fourth-order valence-electron chi connectivity index (χ4n) is 3.02. The third-order valence-electron chi connectivity index (χ3n) is 4.83. The highest BCUT2D eigenvalue weighted by Gasteiger charge is 2.17. The van der Waals surface area contributed by atoms with Gasteiger partial charge in [0.1, 0.15) is 0 Å². The molecule has 31 heavy (non-hydrogen) atoms. The Labute approximate surface area is 180 Å². The summed E-state index contributed by atoms with van der Waals surface area (Å²) in [4.78, 5) is 24.0. The molecular formula is C22H27N5O4. The minimum absolute atomic E-state index is 0.0157. The second-order valence-electron chi connectivity index (χ2n) is 7.09. The van der Waals surface area contributed by atoms with E-state index in [9.17, 15) is 15.0 Å². The lowest BCUT2D eigenvalue weighted by atomic mass is 10.1. The molecular weight excluding hydrogens is 398 g/mol. The molecule has 0 saturated carbocycles. The van der Waals surface area contributed by atoms with Gasteiger partial charge in [-0.05, 0) is 24.5 Å². The van der Waals surface area contributed by atoms with Crippen molar-refractivity contribution in [2.24, 2.45) is 0 Å². The molecule has 2 atom stereocenters. The Morgan fingerprint density at radius 2 is 2.00 bits per heavy atom. The SMILES string of the molecule is CCC(CO)Nc1ncc(C)c(-c2c[nH]c(OC(=O)NC(CO)c3ccccc3)c2)n1. The number of nitrogens with zero attached hydrogens (tertiary/aromatic N) is 2. The van der Waals surface area contributed by atoms with Crippen LogP contribution in [0.25, 0.3) is 11.3 Å². The van der Waals surface area contributed by atoms with Crippen molar-refractivity contribution in [1.29, 1.82) is 0 Å². The molecule has 0 aliphatic heterocycles. The van der Waals surface area contributed by atoms with Gasteiger partial charge < -0.3 is 30.6 Å². The van der Waals surface area contributed by atoms with Crippen molar-refractivity contribution in [2.45, 2.75) is 32.4 Å². The third kappa shape index (κ3) is 5.80. The zero-order valence-corrected chi connectivity index (χ0v) is 17.5. The Kier molecular flexibility index (Phi) is 7.58. The minimum atomic E-state index is -0.688. The van der Waals surface area contributed by atoms with Crippen LogP contribution in [0.4, 0.5) is 10.7 Å². The second kappa shape index (κ2) is 10.6. The van der Waals surface area contributed by atoms with Crippen LogP contribution in [0, 0.1) is 6.92 Å². The number of carbonyl (C=O) groups excluding carboxylic acids is 1. The van der Waals surface area contributed by atoms with Gasteiger partial charge in [0.05, 0.1) is 31.0 Å². The zero-order chi connectivity index (χ0) is 22.2. The predicted octanol–water partition coefficient (Wildman–Crippen LogP) is 2.78. The molecule has 3 aromatic rings. The lowest BCUT2D eigenvalue weighted by molar-refractivity contribution is 0.182. The Morgan fingerprint density at radius 3 is 2.68 bits per heavy atom. The number of nitrogens with one attached hydrogen (secondary N) is 3. The van der Waals surface area contributed by atoms with Crippen LogP contribution >= 0.6 is 0 Å². The number of carbonyl (C=O) groups is 1. The lowest BCUT2D eigenvalue weighted by Gasteiger charge is -2.16. The van der Waals surface area contributed by atoms with Crippen LogP contribution in [0.5, 0.6) is 5.88 Å². The molecule has 2 heterocycles. The number of amides is 1. The molecule has 2 unspecified atom stereocenters. The van der Waals surface area contributed by atoms with Gasteiger partial charge in [-0.25, -0.2) is 14.8 Å². The third-order valence-corrected chi connectivity index (χ3v) is 4.83. The monoisotopic (exact) mass is 425 g/mol. The number of hydrogen-bond donors (Lipinski definition) is 5. The first-order valence-electron chi connectivity index (χ1n) is 10.1. The molecule has 0 spiro atoms.